The second kappa shape index (κ2) is 4.10. The third-order valence-electron chi connectivity index (χ3n) is 3.32. The molecule has 0 aromatic heterocycles. The molecule has 2 rings (SSSR count). The highest BCUT2D eigenvalue weighted by molar-refractivity contribution is 8.16. The third-order valence-corrected chi connectivity index (χ3v) is 4.09. The molecule has 82 valence electrons. The van der Waals surface area contributed by atoms with Gasteiger partial charge in [0.15, 0.2) is 0 Å². The van der Waals surface area contributed by atoms with Crippen molar-refractivity contribution in [2.24, 2.45) is 10.4 Å². The molecule has 0 bridgehead atoms. The number of nitrogens with zero attached hydrogens (tertiary/aromatic N) is 2. The van der Waals surface area contributed by atoms with Gasteiger partial charge in [-0.05, 0) is 43.9 Å². The first-order valence-corrected chi connectivity index (χ1v) is 6.06. The van der Waals surface area contributed by atoms with Gasteiger partial charge in [0.25, 0.3) is 0 Å². The quantitative estimate of drug-likeness (QED) is 0.686. The van der Waals surface area contributed by atoms with Gasteiger partial charge in [-0.15, -0.1) is 0 Å². The van der Waals surface area contributed by atoms with Crippen LogP contribution >= 0.6 is 11.8 Å². The van der Waals surface area contributed by atoms with E-state index >= 15 is 0 Å². The lowest BCUT2D eigenvalue weighted by Gasteiger charge is -2.15. The van der Waals surface area contributed by atoms with Gasteiger partial charge in [-0.2, -0.15) is 0 Å². The largest absolute Gasteiger partial charge is 0.295 e. The van der Waals surface area contributed by atoms with Crippen LogP contribution in [-0.4, -0.2) is 36.4 Å². The van der Waals surface area contributed by atoms with Gasteiger partial charge in [0, 0.05) is 12.7 Å². The summed E-state index contributed by atoms with van der Waals surface area (Å²) in [6, 6.07) is 0.104. The Morgan fingerprint density at radius 3 is 2.93 bits per heavy atom. The molecule has 0 aromatic carbocycles. The van der Waals surface area contributed by atoms with E-state index in [-0.39, 0.29) is 11.2 Å². The van der Waals surface area contributed by atoms with E-state index in [2.05, 4.69) is 16.6 Å². The van der Waals surface area contributed by atoms with E-state index in [9.17, 15) is 4.79 Å². The van der Waals surface area contributed by atoms with Crippen molar-refractivity contribution in [1.29, 1.82) is 0 Å². The Balaban J connectivity index is 1.90. The predicted molar refractivity (Wildman–Crippen MR) is 64.0 cm³/mol. The van der Waals surface area contributed by atoms with E-state index in [1.165, 1.54) is 24.6 Å². The molecule has 1 heterocycles. The molecule has 1 spiro atoms. The van der Waals surface area contributed by atoms with Crippen LogP contribution in [-0.2, 0) is 4.79 Å². The van der Waals surface area contributed by atoms with Gasteiger partial charge in [-0.25, -0.2) is 0 Å². The molecule has 1 saturated carbocycles. The summed E-state index contributed by atoms with van der Waals surface area (Å²) in [7, 11) is 2.05. The van der Waals surface area contributed by atoms with Gasteiger partial charge >= 0.3 is 0 Å². The van der Waals surface area contributed by atoms with Crippen LogP contribution in [0.1, 0.15) is 19.3 Å². The molecule has 0 N–H and O–H groups in total. The van der Waals surface area contributed by atoms with E-state index in [0.717, 1.165) is 13.0 Å². The summed E-state index contributed by atoms with van der Waals surface area (Å²) in [5, 5.41) is 1.95. The lowest BCUT2D eigenvalue weighted by atomic mass is 10.0. The van der Waals surface area contributed by atoms with Crippen LogP contribution in [0.25, 0.3) is 0 Å². The van der Waals surface area contributed by atoms with Crippen molar-refractivity contribution < 1.29 is 4.79 Å². The third kappa shape index (κ3) is 2.32. The Bertz CT molecular complexity index is 310. The summed E-state index contributed by atoms with van der Waals surface area (Å²) in [6.07, 6.45) is 5.21. The molecule has 1 saturated heterocycles. The zero-order valence-electron chi connectivity index (χ0n) is 8.98. The summed E-state index contributed by atoms with van der Waals surface area (Å²) in [4.78, 5) is 17.6. The van der Waals surface area contributed by atoms with Crippen molar-refractivity contribution in [3.8, 4) is 0 Å². The van der Waals surface area contributed by atoms with Crippen LogP contribution in [0.15, 0.2) is 16.6 Å². The highest BCUT2D eigenvalue weighted by Crippen LogP contribution is 2.54. The number of likely N-dealkylation sites (N-methyl/N-ethyl adjacent to an activating group) is 1. The number of thioether (sulfide) groups is 1. The molecule has 1 aliphatic carbocycles. The average molecular weight is 224 g/mol. The molecule has 0 aromatic rings. The number of carbonyl (C=O) groups is 1. The highest BCUT2D eigenvalue weighted by atomic mass is 32.2. The molecule has 1 unspecified atom stereocenters. The molecule has 4 heteroatoms. The first-order chi connectivity index (χ1) is 7.17. The molecular formula is C11H16N2OS. The molecule has 15 heavy (non-hydrogen) atoms. The minimum Gasteiger partial charge on any atom is -0.295 e. The van der Waals surface area contributed by atoms with Gasteiger partial charge in [-0.1, -0.05) is 11.8 Å². The lowest BCUT2D eigenvalue weighted by molar-refractivity contribution is -0.114. The van der Waals surface area contributed by atoms with E-state index in [4.69, 9.17) is 0 Å². The van der Waals surface area contributed by atoms with Gasteiger partial charge in [-0.3, -0.25) is 14.7 Å². The number of carbonyl (C=O) groups excluding carboxylic acids is 1. The van der Waals surface area contributed by atoms with E-state index in [1.54, 1.807) is 11.6 Å². The van der Waals surface area contributed by atoms with Crippen LogP contribution in [0.5, 0.6) is 0 Å². The Hall–Kier alpha value is -0.610. The average Bonchev–Trinajstić information content (AvgIpc) is 2.85. The zero-order chi connectivity index (χ0) is 10.9. The summed E-state index contributed by atoms with van der Waals surface area (Å²) < 4.78 is 0. The van der Waals surface area contributed by atoms with Crippen molar-refractivity contribution in [2.45, 2.75) is 25.3 Å². The second-order valence-electron chi connectivity index (χ2n) is 4.54. The first kappa shape index (κ1) is 10.9. The minimum absolute atomic E-state index is 0.104. The first-order valence-electron chi connectivity index (χ1n) is 5.18. The predicted octanol–water partition coefficient (Wildman–Crippen LogP) is 1.90. The van der Waals surface area contributed by atoms with E-state index < -0.39 is 0 Å². The minimum atomic E-state index is 0.104. The topological polar surface area (TPSA) is 32.7 Å². The number of rotatable bonds is 3. The summed E-state index contributed by atoms with van der Waals surface area (Å²) >= 11 is 1.24. The molecular weight excluding hydrogens is 208 g/mol. The van der Waals surface area contributed by atoms with Crippen molar-refractivity contribution in [3.05, 3.63) is 11.6 Å². The van der Waals surface area contributed by atoms with Crippen LogP contribution in [0.3, 0.4) is 0 Å². The number of hydrogen-bond acceptors (Lipinski definition) is 4. The van der Waals surface area contributed by atoms with Crippen LogP contribution in [0.2, 0.25) is 0 Å². The monoisotopic (exact) mass is 224 g/mol. The highest BCUT2D eigenvalue weighted by Gasteiger charge is 2.52. The Morgan fingerprint density at radius 2 is 2.40 bits per heavy atom. The second-order valence-corrected chi connectivity index (χ2v) is 5.45. The van der Waals surface area contributed by atoms with E-state index in [0.29, 0.717) is 5.41 Å². The number of hydrogen-bond donors (Lipinski definition) is 0. The summed E-state index contributed by atoms with van der Waals surface area (Å²) in [5.74, 6) is 0. The molecule has 2 fully saturated rings. The smallest absolute Gasteiger partial charge is 0.210 e. The zero-order valence-corrected chi connectivity index (χ0v) is 9.80. The molecule has 1 aliphatic heterocycles. The maximum absolute atomic E-state index is 11.9. The fourth-order valence-electron chi connectivity index (χ4n) is 2.29. The fraction of sp³-hybridized carbons (Fsp3) is 0.636. The van der Waals surface area contributed by atoms with Gasteiger partial charge < -0.3 is 0 Å². The number of likely N-dealkylation sites (tertiary alicyclic amines) is 1. The Morgan fingerprint density at radius 1 is 1.67 bits per heavy atom. The summed E-state index contributed by atoms with van der Waals surface area (Å²) in [5.41, 5.74) is 0.496. The van der Waals surface area contributed by atoms with Gasteiger partial charge in [0.05, 0.1) is 6.04 Å². The molecule has 3 nitrogen and oxygen atoms in total. The van der Waals surface area contributed by atoms with E-state index in [1.807, 2.05) is 7.05 Å². The maximum Gasteiger partial charge on any atom is 0.210 e. The normalized spacial score (nSPS) is 28.7. The molecule has 0 radical (unpaired) electrons. The molecule has 0 amide bonds. The molecule has 1 atom stereocenters. The van der Waals surface area contributed by atoms with Crippen LogP contribution in [0.4, 0.5) is 0 Å². The Kier molecular flexibility index (Phi) is 2.98. The van der Waals surface area contributed by atoms with Gasteiger partial charge in [0.1, 0.15) is 0 Å². The van der Waals surface area contributed by atoms with Crippen molar-refractivity contribution >= 4 is 23.6 Å². The molecule has 2 aliphatic rings. The van der Waals surface area contributed by atoms with Crippen molar-refractivity contribution in [3.63, 3.8) is 0 Å². The number of aliphatic imine (C=N–C) groups is 1. The lowest BCUT2D eigenvalue weighted by Crippen LogP contribution is -2.30. The van der Waals surface area contributed by atoms with Crippen molar-refractivity contribution in [2.75, 3.05) is 13.6 Å². The SMILES string of the molecule is C=N/C=C\SC(=O)C1CC2(CC2)CN1C. The van der Waals surface area contributed by atoms with Gasteiger partial charge in [0.2, 0.25) is 5.12 Å². The standard InChI is InChI=1S/C11H16N2OS/c1-12-5-6-15-10(14)9-7-11(3-4-11)8-13(9)2/h5-6,9H,1,3-4,7-8H2,2H3/b6-5-. The van der Waals surface area contributed by atoms with Crippen LogP contribution < -0.4 is 0 Å². The summed E-state index contributed by atoms with van der Waals surface area (Å²) in [6.45, 7) is 4.42. The maximum atomic E-state index is 11.9. The fourth-order valence-corrected chi connectivity index (χ4v) is 2.99. The van der Waals surface area contributed by atoms with Crippen LogP contribution in [0, 0.1) is 5.41 Å². The Labute approximate surface area is 94.6 Å². The van der Waals surface area contributed by atoms with Crippen molar-refractivity contribution in [1.82, 2.24) is 4.90 Å².